The number of rotatable bonds is 1. The zero-order chi connectivity index (χ0) is 11.5. The third-order valence-electron chi connectivity index (χ3n) is 3.24. The van der Waals surface area contributed by atoms with Gasteiger partial charge in [0.2, 0.25) is 0 Å². The molecule has 0 atom stereocenters. The second-order valence-corrected chi connectivity index (χ2v) is 5.30. The van der Waals surface area contributed by atoms with Crippen molar-refractivity contribution in [2.24, 2.45) is 11.3 Å². The lowest BCUT2D eigenvalue weighted by molar-refractivity contribution is -0.206. The van der Waals surface area contributed by atoms with Gasteiger partial charge in [0.1, 0.15) is 6.10 Å². The Kier molecular flexibility index (Phi) is 3.97. The summed E-state index contributed by atoms with van der Waals surface area (Å²) in [5.41, 5.74) is 0.322. The van der Waals surface area contributed by atoms with Crippen LogP contribution < -0.4 is 0 Å². The average molecular weight is 217 g/mol. The molecule has 0 aromatic rings. The normalized spacial score (nSPS) is 27.2. The van der Waals surface area contributed by atoms with Crippen molar-refractivity contribution in [1.29, 1.82) is 0 Å². The van der Waals surface area contributed by atoms with Gasteiger partial charge >= 0.3 is 7.58 Å². The summed E-state index contributed by atoms with van der Waals surface area (Å²) >= 11 is 0. The number of hydrogen-bond donors (Lipinski definition) is 1. The lowest BCUT2D eigenvalue weighted by Crippen LogP contribution is -2.30. The first kappa shape index (κ1) is 12.3. The first-order valence-corrected chi connectivity index (χ1v) is 5.45. The van der Waals surface area contributed by atoms with E-state index in [1.807, 2.05) is 0 Å². The predicted molar refractivity (Wildman–Crippen MR) is 56.5 cm³/mol. The zero-order valence-electron chi connectivity index (χ0n) is 10.7. The van der Waals surface area contributed by atoms with E-state index >= 15 is 0 Å². The van der Waals surface area contributed by atoms with E-state index in [-0.39, 0.29) is 7.53 Å². The topological polar surface area (TPSA) is 55.8 Å². The van der Waals surface area contributed by atoms with E-state index in [4.69, 9.17) is 9.99 Å². The van der Waals surface area contributed by atoms with Gasteiger partial charge in [-0.3, -0.25) is 4.89 Å². The van der Waals surface area contributed by atoms with Crippen molar-refractivity contribution < 1.29 is 21.1 Å². The summed E-state index contributed by atoms with van der Waals surface area (Å²) in [6.45, 7) is 6.71. The molecule has 15 heavy (non-hydrogen) atoms. The van der Waals surface area contributed by atoms with E-state index < -0.39 is 6.16 Å². The van der Waals surface area contributed by atoms with Crippen LogP contribution in [-0.2, 0) is 9.62 Å². The summed E-state index contributed by atoms with van der Waals surface area (Å²) in [5.74, 6) is 0.683. The third-order valence-corrected chi connectivity index (χ3v) is 3.24. The highest BCUT2D eigenvalue weighted by Gasteiger charge is 2.31. The molecule has 0 saturated heterocycles. The molecule has 1 saturated carbocycles. The molecule has 88 valence electrons. The van der Waals surface area contributed by atoms with Crippen LogP contribution in [0.1, 0.15) is 47.9 Å². The molecule has 1 aliphatic rings. The molecule has 4 heteroatoms. The summed E-state index contributed by atoms with van der Waals surface area (Å²) in [4.78, 5) is 14.1. The molecule has 0 unspecified atom stereocenters. The van der Waals surface area contributed by atoms with Crippen LogP contribution in [0, 0.1) is 11.3 Å². The molecule has 0 heterocycles. The molecule has 0 aromatic carbocycles. The fourth-order valence-electron chi connectivity index (χ4n) is 2.20. The average Bonchev–Trinajstić information content (AvgIpc) is 2.17. The molecular weight excluding hydrogens is 196 g/mol. The fourth-order valence-corrected chi connectivity index (χ4v) is 2.20. The largest absolute Gasteiger partial charge is 1.00 e. The fraction of sp³-hybridized carbons (Fsp3) is 0.909. The molecular formula is C11H21O4+. The van der Waals surface area contributed by atoms with Crippen molar-refractivity contribution in [1.82, 2.24) is 0 Å². The number of hydrogen-bond acceptors (Lipinski definition) is 4. The molecule has 0 aliphatic heterocycles. The lowest BCUT2D eigenvalue weighted by Gasteiger charge is -2.36. The maximum absolute atomic E-state index is 10.7. The van der Waals surface area contributed by atoms with E-state index in [1.165, 1.54) is 0 Å². The van der Waals surface area contributed by atoms with Gasteiger partial charge in [-0.05, 0) is 37.0 Å². The molecule has 0 spiro atoms. The summed E-state index contributed by atoms with van der Waals surface area (Å²) in [7, 11) is 0. The smallest absolute Gasteiger partial charge is 0.429 e. The molecule has 0 amide bonds. The van der Waals surface area contributed by atoms with E-state index in [9.17, 15) is 4.79 Å². The van der Waals surface area contributed by atoms with Crippen molar-refractivity contribution in [3.63, 3.8) is 0 Å². The summed E-state index contributed by atoms with van der Waals surface area (Å²) < 4.78 is 4.89. The van der Waals surface area contributed by atoms with Gasteiger partial charge in [-0.1, -0.05) is 20.8 Å². The van der Waals surface area contributed by atoms with Gasteiger partial charge in [0.15, 0.2) is 0 Å². The Morgan fingerprint density at radius 2 is 1.80 bits per heavy atom. The van der Waals surface area contributed by atoms with E-state index in [2.05, 4.69) is 25.7 Å². The predicted octanol–water partition coefficient (Wildman–Crippen LogP) is 3.33. The van der Waals surface area contributed by atoms with E-state index in [1.54, 1.807) is 0 Å². The van der Waals surface area contributed by atoms with Gasteiger partial charge in [0.25, 0.3) is 0 Å². The summed E-state index contributed by atoms with van der Waals surface area (Å²) in [5, 5.41) is 8.07. The minimum absolute atomic E-state index is 0. The monoisotopic (exact) mass is 217 g/mol. The maximum atomic E-state index is 10.7. The lowest BCUT2D eigenvalue weighted by atomic mass is 9.72. The number of carbonyl (C=O) groups is 1. The van der Waals surface area contributed by atoms with Crippen molar-refractivity contribution in [2.75, 3.05) is 0 Å². The molecule has 0 radical (unpaired) electrons. The molecule has 4 nitrogen and oxygen atoms in total. The Hall–Kier alpha value is -0.770. The third kappa shape index (κ3) is 3.70. The van der Waals surface area contributed by atoms with Crippen molar-refractivity contribution in [2.45, 2.75) is 52.6 Å². The molecule has 1 fully saturated rings. The SMILES string of the molecule is CC(C)(C)C1CCC(OC(=O)OO)CC1.[H+]. The molecule has 0 bridgehead atoms. The minimum Gasteiger partial charge on any atom is -0.429 e. The van der Waals surface area contributed by atoms with Gasteiger partial charge in [0.05, 0.1) is 0 Å². The van der Waals surface area contributed by atoms with Crippen LogP contribution in [-0.4, -0.2) is 17.5 Å². The summed E-state index contributed by atoms with van der Waals surface area (Å²) in [6, 6.07) is 0. The highest BCUT2D eigenvalue weighted by atomic mass is 17.1. The zero-order valence-corrected chi connectivity index (χ0v) is 9.66. The van der Waals surface area contributed by atoms with Crippen molar-refractivity contribution >= 4 is 6.16 Å². The highest BCUT2D eigenvalue weighted by Crippen LogP contribution is 2.38. The van der Waals surface area contributed by atoms with Crippen molar-refractivity contribution in [3.05, 3.63) is 0 Å². The van der Waals surface area contributed by atoms with E-state index in [0.29, 0.717) is 11.3 Å². The Morgan fingerprint density at radius 1 is 1.27 bits per heavy atom. The van der Waals surface area contributed by atoms with Crippen LogP contribution >= 0.6 is 0 Å². The van der Waals surface area contributed by atoms with Crippen LogP contribution in [0.5, 0.6) is 0 Å². The second-order valence-electron chi connectivity index (χ2n) is 5.30. The van der Waals surface area contributed by atoms with Gasteiger partial charge in [-0.15, -0.1) is 0 Å². The first-order chi connectivity index (χ1) is 6.93. The summed E-state index contributed by atoms with van der Waals surface area (Å²) in [6.07, 6.45) is 2.76. The van der Waals surface area contributed by atoms with Crippen LogP contribution in [0.3, 0.4) is 0 Å². The maximum Gasteiger partial charge on any atom is 1.00 e. The molecule has 1 rings (SSSR count). The second kappa shape index (κ2) is 4.84. The first-order valence-electron chi connectivity index (χ1n) is 5.45. The van der Waals surface area contributed by atoms with Gasteiger partial charge < -0.3 is 4.74 Å². The number of carbonyl (C=O) groups excluding carboxylic acids is 1. The Balaban J connectivity index is 0.00000225. The molecule has 0 aromatic heterocycles. The van der Waals surface area contributed by atoms with Gasteiger partial charge in [-0.25, -0.2) is 4.79 Å². The minimum atomic E-state index is -0.991. The Labute approximate surface area is 92.0 Å². The van der Waals surface area contributed by atoms with Crippen LogP contribution in [0.2, 0.25) is 0 Å². The van der Waals surface area contributed by atoms with Crippen LogP contribution in [0.25, 0.3) is 0 Å². The van der Waals surface area contributed by atoms with Gasteiger partial charge in [-0.2, -0.15) is 5.26 Å². The Morgan fingerprint density at radius 3 is 2.20 bits per heavy atom. The van der Waals surface area contributed by atoms with Gasteiger partial charge in [0, 0.05) is 0 Å². The van der Waals surface area contributed by atoms with E-state index in [0.717, 1.165) is 25.7 Å². The Bertz CT molecular complexity index is 217. The van der Waals surface area contributed by atoms with Crippen molar-refractivity contribution in [3.8, 4) is 0 Å². The molecule has 1 N–H and O–H groups in total. The highest BCUT2D eigenvalue weighted by molar-refractivity contribution is 5.59. The number of ether oxygens (including phenoxy) is 1. The standard InChI is InChI=1S/C11H20O4/c1-11(2,3)8-4-6-9(7-5-8)14-10(12)15-13/h8-9,13H,4-7H2,1-3H3/p+1. The van der Waals surface area contributed by atoms with Crippen LogP contribution in [0.4, 0.5) is 4.79 Å². The van der Waals surface area contributed by atoms with Crippen LogP contribution in [0.15, 0.2) is 0 Å². The molecule has 1 aliphatic carbocycles. The quantitative estimate of drug-likeness (QED) is 0.416.